The number of benzene rings is 3. The summed E-state index contributed by atoms with van der Waals surface area (Å²) in [6.45, 7) is 0. The zero-order chi connectivity index (χ0) is 19.7. The van der Waals surface area contributed by atoms with Crippen LogP contribution in [0.2, 0.25) is 5.02 Å². The molecule has 3 aromatic carbocycles. The Balaban J connectivity index is 1.95. The number of halogens is 3. The lowest BCUT2D eigenvalue weighted by Crippen LogP contribution is -2.22. The van der Waals surface area contributed by atoms with E-state index in [1.165, 1.54) is 34.9 Å². The Kier molecular flexibility index (Phi) is 4.75. The maximum Gasteiger partial charge on any atom is 0.266 e. The van der Waals surface area contributed by atoms with Gasteiger partial charge >= 0.3 is 0 Å². The Bertz CT molecular complexity index is 1280. The summed E-state index contributed by atoms with van der Waals surface area (Å²) in [5.74, 6) is -0.629. The van der Waals surface area contributed by atoms with E-state index in [-0.39, 0.29) is 16.4 Å². The Labute approximate surface area is 164 Å². The second kappa shape index (κ2) is 7.37. The maximum atomic E-state index is 13.6. The molecule has 138 valence electrons. The fraction of sp³-hybridized carbons (Fsp3) is 0. The van der Waals surface area contributed by atoms with E-state index >= 15 is 0 Å². The van der Waals surface area contributed by atoms with Crippen LogP contribution in [0.4, 0.5) is 8.78 Å². The largest absolute Gasteiger partial charge is 0.268 e. The minimum atomic E-state index is -0.580. The van der Waals surface area contributed by atoms with Gasteiger partial charge in [-0.2, -0.15) is 0 Å². The lowest BCUT2D eigenvalue weighted by atomic mass is 10.2. The fourth-order valence-electron chi connectivity index (χ4n) is 2.92. The second-order valence-electron chi connectivity index (χ2n) is 6.11. The fourth-order valence-corrected chi connectivity index (χ4v) is 3.09. The summed E-state index contributed by atoms with van der Waals surface area (Å²) in [5.41, 5.74) is 1.21. The highest BCUT2D eigenvalue weighted by molar-refractivity contribution is 6.30. The van der Waals surface area contributed by atoms with Crippen molar-refractivity contribution in [3.8, 4) is 5.69 Å². The lowest BCUT2D eigenvalue weighted by Gasteiger charge is -2.12. The zero-order valence-corrected chi connectivity index (χ0v) is 15.2. The molecule has 0 bridgehead atoms. The van der Waals surface area contributed by atoms with Crippen molar-refractivity contribution in [1.82, 2.24) is 9.55 Å². The van der Waals surface area contributed by atoms with Gasteiger partial charge in [-0.3, -0.25) is 9.36 Å². The third-order valence-corrected chi connectivity index (χ3v) is 4.53. The molecule has 0 fully saturated rings. The second-order valence-corrected chi connectivity index (χ2v) is 6.52. The van der Waals surface area contributed by atoms with E-state index in [2.05, 4.69) is 4.98 Å². The molecular weight excluding hydrogens is 382 g/mol. The first-order valence-electron chi connectivity index (χ1n) is 8.44. The zero-order valence-electron chi connectivity index (χ0n) is 14.4. The molecule has 0 saturated carbocycles. The van der Waals surface area contributed by atoms with Gasteiger partial charge in [0.1, 0.15) is 17.5 Å². The normalized spacial score (nSPS) is 11.4. The van der Waals surface area contributed by atoms with E-state index in [0.29, 0.717) is 28.0 Å². The highest BCUT2D eigenvalue weighted by atomic mass is 35.5. The predicted octanol–water partition coefficient (Wildman–Crippen LogP) is 5.49. The Morgan fingerprint density at radius 2 is 1.75 bits per heavy atom. The topological polar surface area (TPSA) is 34.9 Å². The first-order valence-corrected chi connectivity index (χ1v) is 8.81. The van der Waals surface area contributed by atoms with Crippen molar-refractivity contribution in [2.75, 3.05) is 0 Å². The van der Waals surface area contributed by atoms with Gasteiger partial charge in [-0.05, 0) is 54.1 Å². The molecule has 0 atom stereocenters. The lowest BCUT2D eigenvalue weighted by molar-refractivity contribution is 0.627. The van der Waals surface area contributed by atoms with Crippen LogP contribution in [0.5, 0.6) is 0 Å². The molecule has 0 aliphatic rings. The quantitative estimate of drug-likeness (QED) is 0.460. The summed E-state index contributed by atoms with van der Waals surface area (Å²) >= 11 is 5.91. The standard InChI is InChI=1S/C22H13ClF2N2O/c23-18-13-16(9-10-19(18)25)27-21(11-8-14-4-3-5-15(24)12-14)26-20-7-2-1-6-17(20)22(27)28/h1-13H. The van der Waals surface area contributed by atoms with Crippen molar-refractivity contribution in [2.45, 2.75) is 0 Å². The molecule has 1 heterocycles. The van der Waals surface area contributed by atoms with Crippen LogP contribution in [-0.2, 0) is 0 Å². The van der Waals surface area contributed by atoms with Gasteiger partial charge in [0, 0.05) is 0 Å². The van der Waals surface area contributed by atoms with E-state index in [0.717, 1.165) is 0 Å². The molecule has 28 heavy (non-hydrogen) atoms. The van der Waals surface area contributed by atoms with Crippen LogP contribution in [0.3, 0.4) is 0 Å². The Morgan fingerprint density at radius 3 is 2.54 bits per heavy atom. The molecule has 4 aromatic rings. The number of hydrogen-bond donors (Lipinski definition) is 0. The molecule has 4 rings (SSSR count). The monoisotopic (exact) mass is 394 g/mol. The minimum Gasteiger partial charge on any atom is -0.268 e. The summed E-state index contributed by atoms with van der Waals surface area (Å²) in [6.07, 6.45) is 3.27. The maximum absolute atomic E-state index is 13.6. The van der Waals surface area contributed by atoms with Gasteiger partial charge in [-0.25, -0.2) is 13.8 Å². The molecular formula is C22H13ClF2N2O. The van der Waals surface area contributed by atoms with Gasteiger partial charge in [0.2, 0.25) is 0 Å². The van der Waals surface area contributed by atoms with E-state index in [1.807, 2.05) is 0 Å². The van der Waals surface area contributed by atoms with Crippen molar-refractivity contribution in [3.05, 3.63) is 105 Å². The van der Waals surface area contributed by atoms with Gasteiger partial charge in [0.15, 0.2) is 0 Å². The van der Waals surface area contributed by atoms with Crippen LogP contribution in [-0.4, -0.2) is 9.55 Å². The highest BCUT2D eigenvalue weighted by Gasteiger charge is 2.12. The predicted molar refractivity (Wildman–Crippen MR) is 108 cm³/mol. The molecule has 0 unspecified atom stereocenters. The van der Waals surface area contributed by atoms with Crippen molar-refractivity contribution in [1.29, 1.82) is 0 Å². The molecule has 0 amide bonds. The average molecular weight is 395 g/mol. The van der Waals surface area contributed by atoms with E-state index < -0.39 is 5.82 Å². The SMILES string of the molecule is O=c1c2ccccc2nc(C=Cc2cccc(F)c2)n1-c1ccc(F)c(Cl)c1. The summed E-state index contributed by atoms with van der Waals surface area (Å²) in [6, 6.07) is 17.0. The Hall–Kier alpha value is -3.31. The third kappa shape index (κ3) is 3.44. The van der Waals surface area contributed by atoms with Gasteiger partial charge < -0.3 is 0 Å². The molecule has 6 heteroatoms. The number of fused-ring (bicyclic) bond motifs is 1. The van der Waals surface area contributed by atoms with Crippen LogP contribution < -0.4 is 5.56 Å². The van der Waals surface area contributed by atoms with Crippen LogP contribution >= 0.6 is 11.6 Å². The first kappa shape index (κ1) is 18.1. The van der Waals surface area contributed by atoms with E-state index in [1.54, 1.807) is 48.6 Å². The molecule has 0 aliphatic heterocycles. The number of nitrogens with zero attached hydrogens (tertiary/aromatic N) is 2. The van der Waals surface area contributed by atoms with Crippen LogP contribution in [0, 0.1) is 11.6 Å². The van der Waals surface area contributed by atoms with E-state index in [9.17, 15) is 13.6 Å². The molecule has 0 spiro atoms. The van der Waals surface area contributed by atoms with Crippen molar-refractivity contribution in [3.63, 3.8) is 0 Å². The summed E-state index contributed by atoms with van der Waals surface area (Å²) < 4.78 is 28.4. The van der Waals surface area contributed by atoms with Crippen molar-refractivity contribution < 1.29 is 8.78 Å². The van der Waals surface area contributed by atoms with Crippen molar-refractivity contribution >= 4 is 34.7 Å². The molecule has 0 saturated heterocycles. The van der Waals surface area contributed by atoms with Crippen LogP contribution in [0.15, 0.2) is 71.5 Å². The number of para-hydroxylation sites is 1. The van der Waals surface area contributed by atoms with Crippen molar-refractivity contribution in [2.24, 2.45) is 0 Å². The summed E-state index contributed by atoms with van der Waals surface area (Å²) in [4.78, 5) is 17.7. The molecule has 3 nitrogen and oxygen atoms in total. The van der Waals surface area contributed by atoms with Crippen LogP contribution in [0.1, 0.15) is 11.4 Å². The summed E-state index contributed by atoms with van der Waals surface area (Å²) in [7, 11) is 0. The van der Waals surface area contributed by atoms with Gasteiger partial charge in [-0.1, -0.05) is 41.9 Å². The highest BCUT2D eigenvalue weighted by Crippen LogP contribution is 2.21. The number of aromatic nitrogens is 2. The van der Waals surface area contributed by atoms with Gasteiger partial charge in [0.25, 0.3) is 5.56 Å². The minimum absolute atomic E-state index is 0.0994. The van der Waals surface area contributed by atoms with Gasteiger partial charge in [0.05, 0.1) is 21.6 Å². The molecule has 1 aromatic heterocycles. The van der Waals surface area contributed by atoms with E-state index in [4.69, 9.17) is 11.6 Å². The van der Waals surface area contributed by atoms with Crippen LogP contribution in [0.25, 0.3) is 28.7 Å². The molecule has 0 radical (unpaired) electrons. The molecule has 0 aliphatic carbocycles. The molecule has 0 N–H and O–H groups in total. The first-order chi connectivity index (χ1) is 13.5. The summed E-state index contributed by atoms with van der Waals surface area (Å²) in [5, 5.41) is 0.323. The Morgan fingerprint density at radius 1 is 0.929 bits per heavy atom. The average Bonchev–Trinajstić information content (AvgIpc) is 2.69. The smallest absolute Gasteiger partial charge is 0.266 e. The number of rotatable bonds is 3. The van der Waals surface area contributed by atoms with Gasteiger partial charge in [-0.15, -0.1) is 0 Å². The third-order valence-electron chi connectivity index (χ3n) is 4.24. The number of hydrogen-bond acceptors (Lipinski definition) is 2.